The van der Waals surface area contributed by atoms with Crippen molar-refractivity contribution in [3.8, 4) is 11.8 Å². The van der Waals surface area contributed by atoms with Gasteiger partial charge in [0.1, 0.15) is 11.7 Å². The fraction of sp³-hybridized carbons (Fsp3) is 0.455. The van der Waals surface area contributed by atoms with Crippen molar-refractivity contribution in [2.45, 2.75) is 13.0 Å². The molecule has 1 N–H and O–H groups in total. The second-order valence-corrected chi connectivity index (χ2v) is 4.24. The predicted molar refractivity (Wildman–Crippen MR) is 70.6 cm³/mol. The zero-order valence-electron chi connectivity index (χ0n) is 11.0. The first-order chi connectivity index (χ1) is 9.30. The summed E-state index contributed by atoms with van der Waals surface area (Å²) in [6.07, 6.45) is 1.56. The molecule has 0 aliphatic heterocycles. The third-order valence-electron chi connectivity index (χ3n) is 2.50. The minimum absolute atomic E-state index is 0.197. The number of aromatic nitrogens is 4. The van der Waals surface area contributed by atoms with Crippen molar-refractivity contribution < 1.29 is 9.47 Å². The highest BCUT2D eigenvalue weighted by Gasteiger charge is 2.23. The van der Waals surface area contributed by atoms with Crippen molar-refractivity contribution in [2.24, 2.45) is 0 Å². The van der Waals surface area contributed by atoms with Crippen LogP contribution in [0.15, 0.2) is 11.6 Å². The van der Waals surface area contributed by atoms with Crippen LogP contribution in [0.2, 0.25) is 0 Å². The number of nitrogens with one attached hydrogen (secondary N) is 1. The average molecular weight is 281 g/mol. The van der Waals surface area contributed by atoms with E-state index in [-0.39, 0.29) is 6.04 Å². The molecule has 8 heteroatoms. The van der Waals surface area contributed by atoms with Gasteiger partial charge in [0, 0.05) is 5.38 Å². The molecule has 0 saturated heterocycles. The van der Waals surface area contributed by atoms with E-state index >= 15 is 0 Å². The van der Waals surface area contributed by atoms with E-state index in [0.717, 1.165) is 12.2 Å². The molecule has 0 aromatic carbocycles. The van der Waals surface area contributed by atoms with Gasteiger partial charge >= 0.3 is 0 Å². The minimum Gasteiger partial charge on any atom is -0.480 e. The molecule has 0 fully saturated rings. The molecule has 1 atom stereocenters. The van der Waals surface area contributed by atoms with E-state index in [9.17, 15) is 0 Å². The second kappa shape index (κ2) is 6.39. The number of nitrogens with zero attached hydrogens (tertiary/aromatic N) is 4. The lowest BCUT2D eigenvalue weighted by atomic mass is 10.1. The van der Waals surface area contributed by atoms with Crippen LogP contribution in [0.1, 0.15) is 24.4 Å². The van der Waals surface area contributed by atoms with Crippen LogP contribution in [0.25, 0.3) is 0 Å². The molecular weight excluding hydrogens is 266 g/mol. The molecule has 102 valence electrons. The molecular formula is C11H15N5O2S. The highest BCUT2D eigenvalue weighted by molar-refractivity contribution is 7.03. The summed E-state index contributed by atoms with van der Waals surface area (Å²) < 4.78 is 14.2. The van der Waals surface area contributed by atoms with Gasteiger partial charge in [0.25, 0.3) is 0 Å². The number of ether oxygens (including phenoxy) is 2. The Morgan fingerprint density at radius 1 is 1.37 bits per heavy atom. The first-order valence-electron chi connectivity index (χ1n) is 5.75. The van der Waals surface area contributed by atoms with E-state index in [4.69, 9.17) is 9.47 Å². The zero-order chi connectivity index (χ0) is 13.7. The Morgan fingerprint density at radius 3 is 2.79 bits per heavy atom. The van der Waals surface area contributed by atoms with Crippen molar-refractivity contribution in [1.82, 2.24) is 24.9 Å². The highest BCUT2D eigenvalue weighted by Crippen LogP contribution is 2.27. The van der Waals surface area contributed by atoms with Crippen LogP contribution in [0.3, 0.4) is 0 Å². The molecule has 2 rings (SSSR count). The summed E-state index contributed by atoms with van der Waals surface area (Å²) in [6, 6.07) is -0.197. The lowest BCUT2D eigenvalue weighted by Crippen LogP contribution is -2.24. The fourth-order valence-corrected chi connectivity index (χ4v) is 2.14. The maximum Gasteiger partial charge on any atom is 0.240 e. The Morgan fingerprint density at radius 2 is 2.21 bits per heavy atom. The highest BCUT2D eigenvalue weighted by atomic mass is 32.1. The number of hydrogen-bond acceptors (Lipinski definition) is 8. The lowest BCUT2D eigenvalue weighted by molar-refractivity contribution is 0.352. The van der Waals surface area contributed by atoms with Gasteiger partial charge in [-0.05, 0) is 18.1 Å². The van der Waals surface area contributed by atoms with Gasteiger partial charge in [-0.15, -0.1) is 5.10 Å². The van der Waals surface area contributed by atoms with Crippen LogP contribution >= 0.6 is 11.5 Å². The summed E-state index contributed by atoms with van der Waals surface area (Å²) in [4.78, 5) is 8.59. The quantitative estimate of drug-likeness (QED) is 0.847. The van der Waals surface area contributed by atoms with Crippen molar-refractivity contribution in [3.05, 3.63) is 23.0 Å². The van der Waals surface area contributed by atoms with Crippen LogP contribution < -0.4 is 14.8 Å². The van der Waals surface area contributed by atoms with Gasteiger partial charge < -0.3 is 14.8 Å². The van der Waals surface area contributed by atoms with Gasteiger partial charge in [0.2, 0.25) is 11.8 Å². The molecule has 2 aromatic rings. The van der Waals surface area contributed by atoms with Gasteiger partial charge in [0.15, 0.2) is 0 Å². The summed E-state index contributed by atoms with van der Waals surface area (Å²) in [7, 11) is 3.09. The smallest absolute Gasteiger partial charge is 0.240 e. The zero-order valence-corrected chi connectivity index (χ0v) is 11.8. The minimum atomic E-state index is -0.197. The number of rotatable bonds is 6. The van der Waals surface area contributed by atoms with Gasteiger partial charge in [-0.2, -0.15) is 4.98 Å². The Kier molecular flexibility index (Phi) is 4.58. The topological polar surface area (TPSA) is 82.1 Å². The Labute approximate surface area is 115 Å². The molecule has 2 aromatic heterocycles. The van der Waals surface area contributed by atoms with Crippen molar-refractivity contribution in [3.63, 3.8) is 0 Å². The molecule has 0 saturated carbocycles. The van der Waals surface area contributed by atoms with Crippen molar-refractivity contribution in [1.29, 1.82) is 0 Å². The lowest BCUT2D eigenvalue weighted by Gasteiger charge is -2.17. The van der Waals surface area contributed by atoms with Gasteiger partial charge in [-0.25, -0.2) is 4.98 Å². The fourth-order valence-electron chi connectivity index (χ4n) is 1.66. The maximum absolute atomic E-state index is 5.27. The molecule has 19 heavy (non-hydrogen) atoms. The first kappa shape index (κ1) is 13.6. The standard InChI is InChI=1S/C11H15N5O2S/c1-4-12-9(7-6-19-16-15-7)10-11(18-3)14-8(17-2)5-13-10/h5-6,9,12H,4H2,1-3H3. The molecule has 0 radical (unpaired) electrons. The predicted octanol–water partition coefficient (Wildman–Crippen LogP) is 1.04. The number of hydrogen-bond donors (Lipinski definition) is 1. The van der Waals surface area contributed by atoms with Gasteiger partial charge in [-0.3, -0.25) is 0 Å². The molecule has 1 unspecified atom stereocenters. The van der Waals surface area contributed by atoms with Crippen LogP contribution in [-0.2, 0) is 0 Å². The van der Waals surface area contributed by atoms with E-state index in [1.54, 1.807) is 13.3 Å². The monoisotopic (exact) mass is 281 g/mol. The maximum atomic E-state index is 5.27. The molecule has 2 heterocycles. The summed E-state index contributed by atoms with van der Waals surface area (Å²) >= 11 is 1.29. The Bertz CT molecular complexity index is 520. The second-order valence-electron chi connectivity index (χ2n) is 3.63. The van der Waals surface area contributed by atoms with Crippen LogP contribution in [0.4, 0.5) is 0 Å². The normalized spacial score (nSPS) is 12.2. The van der Waals surface area contributed by atoms with Crippen LogP contribution in [0.5, 0.6) is 11.8 Å². The molecule has 0 amide bonds. The van der Waals surface area contributed by atoms with Crippen molar-refractivity contribution >= 4 is 11.5 Å². The SMILES string of the molecule is CCNC(c1csnn1)c1ncc(OC)nc1OC. The summed E-state index contributed by atoms with van der Waals surface area (Å²) in [6.45, 7) is 2.77. The largest absolute Gasteiger partial charge is 0.480 e. The van der Waals surface area contributed by atoms with E-state index in [0.29, 0.717) is 17.5 Å². The molecule has 0 aliphatic rings. The average Bonchev–Trinajstić information content (AvgIpc) is 2.98. The van der Waals surface area contributed by atoms with Gasteiger partial charge in [-0.1, -0.05) is 11.4 Å². The van der Waals surface area contributed by atoms with Gasteiger partial charge in [0.05, 0.1) is 26.1 Å². The van der Waals surface area contributed by atoms with E-state index < -0.39 is 0 Å². The molecule has 0 bridgehead atoms. The van der Waals surface area contributed by atoms with E-state index in [1.165, 1.54) is 18.6 Å². The number of methoxy groups -OCH3 is 2. The van der Waals surface area contributed by atoms with Crippen molar-refractivity contribution in [2.75, 3.05) is 20.8 Å². The first-order valence-corrected chi connectivity index (χ1v) is 6.59. The Hall–Kier alpha value is -1.80. The summed E-state index contributed by atoms with van der Waals surface area (Å²) in [5, 5.41) is 9.25. The molecule has 0 aliphatic carbocycles. The third-order valence-corrected chi connectivity index (χ3v) is 3.02. The summed E-state index contributed by atoms with van der Waals surface area (Å²) in [5.41, 5.74) is 1.46. The third kappa shape index (κ3) is 2.96. The van der Waals surface area contributed by atoms with Crippen LogP contribution in [-0.4, -0.2) is 40.3 Å². The van der Waals surface area contributed by atoms with Crippen LogP contribution in [0, 0.1) is 0 Å². The molecule has 7 nitrogen and oxygen atoms in total. The molecule has 0 spiro atoms. The van der Waals surface area contributed by atoms with E-state index in [2.05, 4.69) is 24.9 Å². The van der Waals surface area contributed by atoms with E-state index in [1.807, 2.05) is 12.3 Å². The Balaban J connectivity index is 2.41. The summed E-state index contributed by atoms with van der Waals surface area (Å²) in [5.74, 6) is 0.825.